The quantitative estimate of drug-likeness (QED) is 0.0222. The first kappa shape index (κ1) is 80.1. The van der Waals surface area contributed by atoms with Crippen LogP contribution in [-0.2, 0) is 65.4 Å². The first-order valence-corrected chi connectivity index (χ1v) is 36.0. The molecule has 0 rings (SSSR count). The lowest BCUT2D eigenvalue weighted by atomic mass is 10.0. The second-order valence-electron chi connectivity index (χ2n) is 23.7. The van der Waals surface area contributed by atoms with Gasteiger partial charge in [-0.2, -0.15) is 0 Å². The molecule has 0 spiro atoms. The minimum absolute atomic E-state index is 0.101. The van der Waals surface area contributed by atoms with Crippen molar-refractivity contribution in [2.75, 3.05) is 39.6 Å². The number of ether oxygens (including phenoxy) is 4. The summed E-state index contributed by atoms with van der Waals surface area (Å²) in [6.07, 6.45) is 38.1. The van der Waals surface area contributed by atoms with E-state index < -0.39 is 97.5 Å². The largest absolute Gasteiger partial charge is 0.472 e. The van der Waals surface area contributed by atoms with Crippen LogP contribution in [0.25, 0.3) is 0 Å². The van der Waals surface area contributed by atoms with Crippen molar-refractivity contribution in [2.24, 2.45) is 11.8 Å². The minimum atomic E-state index is -4.94. The number of aliphatic hydroxyl groups excluding tert-OH is 1. The summed E-state index contributed by atoms with van der Waals surface area (Å²) < 4.78 is 67.7. The molecule has 0 aromatic heterocycles. The maximum Gasteiger partial charge on any atom is 0.472 e. The molecule has 0 heterocycles. The Bertz CT molecular complexity index is 1620. The minimum Gasteiger partial charge on any atom is -0.462 e. The van der Waals surface area contributed by atoms with E-state index in [-0.39, 0.29) is 25.7 Å². The lowest BCUT2D eigenvalue weighted by Crippen LogP contribution is -2.30. The molecule has 0 saturated heterocycles. The number of hydrogen-bond acceptors (Lipinski definition) is 15. The van der Waals surface area contributed by atoms with Crippen molar-refractivity contribution in [1.29, 1.82) is 0 Å². The average molecular weight is 1210 g/mol. The van der Waals surface area contributed by atoms with Crippen LogP contribution in [0, 0.1) is 11.8 Å². The summed E-state index contributed by atoms with van der Waals surface area (Å²) in [5, 5.41) is 10.5. The third kappa shape index (κ3) is 57.2. The molecule has 0 radical (unpaired) electrons. The van der Waals surface area contributed by atoms with E-state index in [0.29, 0.717) is 31.6 Å². The fourth-order valence-corrected chi connectivity index (χ4v) is 10.9. The lowest BCUT2D eigenvalue weighted by molar-refractivity contribution is -0.161. The second-order valence-corrected chi connectivity index (χ2v) is 26.7. The van der Waals surface area contributed by atoms with Crippen molar-refractivity contribution < 1.29 is 80.2 Å². The van der Waals surface area contributed by atoms with E-state index in [0.717, 1.165) is 102 Å². The first-order chi connectivity index (χ1) is 39.4. The van der Waals surface area contributed by atoms with Gasteiger partial charge in [0, 0.05) is 25.7 Å². The Morgan fingerprint density at radius 1 is 0.329 bits per heavy atom. The van der Waals surface area contributed by atoms with Gasteiger partial charge in [-0.05, 0) is 37.5 Å². The van der Waals surface area contributed by atoms with Crippen molar-refractivity contribution in [2.45, 2.75) is 330 Å². The van der Waals surface area contributed by atoms with Crippen LogP contribution >= 0.6 is 15.6 Å². The number of aliphatic hydroxyl groups is 1. The summed E-state index contributed by atoms with van der Waals surface area (Å²) in [6, 6.07) is 0. The van der Waals surface area contributed by atoms with Crippen LogP contribution in [0.15, 0.2) is 0 Å². The van der Waals surface area contributed by atoms with Crippen LogP contribution in [0.4, 0.5) is 0 Å². The van der Waals surface area contributed by atoms with E-state index in [2.05, 4.69) is 41.5 Å². The normalized spacial score (nSPS) is 14.3. The fourth-order valence-electron chi connectivity index (χ4n) is 9.35. The van der Waals surface area contributed by atoms with Crippen molar-refractivity contribution >= 4 is 39.5 Å². The molecule has 0 aliphatic heterocycles. The molecule has 0 fully saturated rings. The van der Waals surface area contributed by atoms with Gasteiger partial charge in [0.1, 0.15) is 19.3 Å². The van der Waals surface area contributed by atoms with Gasteiger partial charge in [-0.3, -0.25) is 37.3 Å². The van der Waals surface area contributed by atoms with Gasteiger partial charge in [-0.15, -0.1) is 0 Å². The predicted molar refractivity (Wildman–Crippen MR) is 326 cm³/mol. The van der Waals surface area contributed by atoms with Crippen LogP contribution in [0.3, 0.4) is 0 Å². The standard InChI is InChI=1S/C63H122O17P2/c1-7-9-11-13-14-15-16-17-18-19-20-21-24-28-35-41-47-62(67)79-59(52-74-61(66)46-40-34-27-25-22-23-26-32-37-43-55(3)4)54-78-82(71,72)76-50-57(64)49-75-81(69,70)77-53-58(51-73-60(65)45-39-31-12-10-8-2)80-63(68)48-42-36-30-29-33-38-44-56(5)6/h55-59,64H,7-54H2,1-6H3,(H,69,70)(H,71,72)/t57-,58+,59+/m0/s1. The second kappa shape index (κ2) is 55.6. The zero-order chi connectivity index (χ0) is 60.8. The molecule has 5 atom stereocenters. The highest BCUT2D eigenvalue weighted by Crippen LogP contribution is 2.45. The highest BCUT2D eigenvalue weighted by Gasteiger charge is 2.30. The number of phosphoric ester groups is 2. The Morgan fingerprint density at radius 3 is 0.829 bits per heavy atom. The maximum absolute atomic E-state index is 13.0. The van der Waals surface area contributed by atoms with E-state index in [1.165, 1.54) is 122 Å². The Labute approximate surface area is 498 Å². The molecule has 17 nitrogen and oxygen atoms in total. The number of carbonyl (C=O) groups excluding carboxylic acids is 4. The molecule has 3 N–H and O–H groups in total. The Kier molecular flexibility index (Phi) is 54.3. The van der Waals surface area contributed by atoms with Gasteiger partial charge in [0.15, 0.2) is 12.2 Å². The smallest absolute Gasteiger partial charge is 0.462 e. The zero-order valence-corrected chi connectivity index (χ0v) is 54.6. The molecule has 0 aromatic carbocycles. The van der Waals surface area contributed by atoms with E-state index in [1.807, 2.05) is 0 Å². The molecular formula is C63H122O17P2. The zero-order valence-electron chi connectivity index (χ0n) is 52.8. The van der Waals surface area contributed by atoms with Crippen LogP contribution < -0.4 is 0 Å². The molecule has 0 aliphatic rings. The van der Waals surface area contributed by atoms with Gasteiger partial charge in [-0.1, -0.05) is 260 Å². The Hall–Kier alpha value is -1.94. The molecule has 0 aromatic rings. The van der Waals surface area contributed by atoms with Crippen LogP contribution in [0.2, 0.25) is 0 Å². The third-order valence-electron chi connectivity index (χ3n) is 14.5. The summed E-state index contributed by atoms with van der Waals surface area (Å²) in [4.78, 5) is 71.9. The van der Waals surface area contributed by atoms with Crippen LogP contribution in [0.1, 0.15) is 311 Å². The number of unbranched alkanes of at least 4 members (excludes halogenated alkanes) is 32. The van der Waals surface area contributed by atoms with E-state index in [4.69, 9.17) is 37.0 Å². The van der Waals surface area contributed by atoms with Gasteiger partial charge in [0.05, 0.1) is 26.4 Å². The fraction of sp³-hybridized carbons (Fsp3) is 0.937. The van der Waals surface area contributed by atoms with Crippen molar-refractivity contribution in [3.8, 4) is 0 Å². The van der Waals surface area contributed by atoms with Crippen molar-refractivity contribution in [3.05, 3.63) is 0 Å². The lowest BCUT2D eigenvalue weighted by Gasteiger charge is -2.21. The Balaban J connectivity index is 5.17. The molecule has 0 saturated carbocycles. The SMILES string of the molecule is CCCCCCCCCCCCCCCCCCC(=O)O[C@H](COC(=O)CCCCCCCCCCCC(C)C)COP(=O)(O)OC[C@@H](O)COP(=O)(O)OC[C@@H](COC(=O)CCCCCCC)OC(=O)CCCCCCCCC(C)C. The van der Waals surface area contributed by atoms with E-state index >= 15 is 0 Å². The van der Waals surface area contributed by atoms with Crippen LogP contribution in [-0.4, -0.2) is 96.7 Å². The van der Waals surface area contributed by atoms with Crippen molar-refractivity contribution in [3.63, 3.8) is 0 Å². The third-order valence-corrected chi connectivity index (χ3v) is 16.4. The number of carbonyl (C=O) groups is 4. The number of rotatable bonds is 62. The number of phosphoric acid groups is 2. The molecule has 82 heavy (non-hydrogen) atoms. The number of esters is 4. The van der Waals surface area contributed by atoms with Gasteiger partial charge in [0.2, 0.25) is 0 Å². The molecule has 486 valence electrons. The van der Waals surface area contributed by atoms with E-state index in [1.54, 1.807) is 0 Å². The van der Waals surface area contributed by atoms with Crippen molar-refractivity contribution in [1.82, 2.24) is 0 Å². The van der Waals surface area contributed by atoms with Gasteiger partial charge < -0.3 is 33.8 Å². The summed E-state index contributed by atoms with van der Waals surface area (Å²) in [7, 11) is -9.88. The Morgan fingerprint density at radius 2 is 0.561 bits per heavy atom. The topological polar surface area (TPSA) is 237 Å². The number of hydrogen-bond donors (Lipinski definition) is 3. The first-order valence-electron chi connectivity index (χ1n) is 33.0. The molecular weight excluding hydrogens is 1090 g/mol. The van der Waals surface area contributed by atoms with Gasteiger partial charge >= 0.3 is 39.5 Å². The van der Waals surface area contributed by atoms with E-state index in [9.17, 15) is 43.2 Å². The predicted octanol–water partition coefficient (Wildman–Crippen LogP) is 17.3. The average Bonchev–Trinajstić information content (AvgIpc) is 3.44. The monoisotopic (exact) mass is 1210 g/mol. The van der Waals surface area contributed by atoms with Gasteiger partial charge in [0.25, 0.3) is 0 Å². The molecule has 19 heteroatoms. The summed E-state index contributed by atoms with van der Waals surface area (Å²) in [6.45, 7) is 9.29. The molecule has 0 amide bonds. The molecule has 2 unspecified atom stereocenters. The maximum atomic E-state index is 13.0. The van der Waals surface area contributed by atoms with Gasteiger partial charge in [-0.25, -0.2) is 9.13 Å². The highest BCUT2D eigenvalue weighted by molar-refractivity contribution is 7.47. The summed E-state index contributed by atoms with van der Waals surface area (Å²) in [5.74, 6) is -0.736. The molecule has 0 aliphatic carbocycles. The molecule has 0 bridgehead atoms. The highest BCUT2D eigenvalue weighted by atomic mass is 31.2. The summed E-state index contributed by atoms with van der Waals surface area (Å²) in [5.41, 5.74) is 0. The van der Waals surface area contributed by atoms with Crippen LogP contribution in [0.5, 0.6) is 0 Å². The summed E-state index contributed by atoms with van der Waals surface area (Å²) >= 11 is 0.